The summed E-state index contributed by atoms with van der Waals surface area (Å²) in [7, 11) is 1.64. The first-order chi connectivity index (χ1) is 12.5. The van der Waals surface area contributed by atoms with E-state index in [0.29, 0.717) is 11.5 Å². The first-order valence-electron chi connectivity index (χ1n) is 8.77. The Morgan fingerprint density at radius 1 is 1.42 bits per heavy atom. The number of aromatic nitrogens is 3. The molecule has 26 heavy (non-hydrogen) atoms. The molecule has 0 radical (unpaired) electrons. The summed E-state index contributed by atoms with van der Waals surface area (Å²) in [5, 5.41) is 8.64. The van der Waals surface area contributed by atoms with Crippen molar-refractivity contribution in [3.63, 3.8) is 0 Å². The molecular formula is C19H24N4O2S. The third-order valence-corrected chi connectivity index (χ3v) is 5.27. The van der Waals surface area contributed by atoms with Crippen LogP contribution in [-0.2, 0) is 4.79 Å². The van der Waals surface area contributed by atoms with E-state index in [9.17, 15) is 4.79 Å². The number of carbonyl (C=O) groups excluding carboxylic acids is 1. The zero-order valence-corrected chi connectivity index (χ0v) is 16.4. The van der Waals surface area contributed by atoms with Crippen LogP contribution >= 0.6 is 11.8 Å². The van der Waals surface area contributed by atoms with Gasteiger partial charge in [0.15, 0.2) is 5.78 Å². The van der Waals surface area contributed by atoms with Crippen molar-refractivity contribution in [1.29, 1.82) is 0 Å². The number of nitrogens with one attached hydrogen (secondary N) is 1. The van der Waals surface area contributed by atoms with E-state index in [1.807, 2.05) is 35.9 Å². The van der Waals surface area contributed by atoms with Crippen molar-refractivity contribution in [3.05, 3.63) is 41.1 Å². The minimum Gasteiger partial charge on any atom is -0.497 e. The number of ketones is 1. The first-order valence-corrected chi connectivity index (χ1v) is 9.75. The molecule has 3 rings (SSSR count). The number of thioether (sulfide) groups is 1. The highest BCUT2D eigenvalue weighted by Gasteiger charge is 2.32. The lowest BCUT2D eigenvalue weighted by Crippen LogP contribution is -2.27. The fourth-order valence-corrected chi connectivity index (χ4v) is 3.99. The Morgan fingerprint density at radius 2 is 2.23 bits per heavy atom. The summed E-state index contributed by atoms with van der Waals surface area (Å²) in [6.07, 6.45) is 2.26. The number of allylic oxidation sites excluding steroid dienone is 2. The molecule has 7 heteroatoms. The maximum Gasteiger partial charge on any atom is 0.227 e. The summed E-state index contributed by atoms with van der Waals surface area (Å²) in [5.74, 6) is 2.42. The van der Waals surface area contributed by atoms with Gasteiger partial charge in [-0.05, 0) is 38.0 Å². The molecule has 1 aliphatic heterocycles. The molecule has 1 atom stereocenters. The standard InChI is InChI=1S/C19H24N4O2S/c1-5-6-10-26-19-21-18-20-12(2)16(13(3)24)17(23(18)22-19)14-8-7-9-15(11-14)25-4/h7-9,11,17H,5-6,10H2,1-4H3,(H,20,21,22). The quantitative estimate of drug-likeness (QED) is 0.584. The fourth-order valence-electron chi connectivity index (χ4n) is 3.08. The van der Waals surface area contributed by atoms with Crippen LogP contribution in [0.2, 0.25) is 0 Å². The van der Waals surface area contributed by atoms with E-state index >= 15 is 0 Å². The smallest absolute Gasteiger partial charge is 0.227 e. The van der Waals surface area contributed by atoms with Crippen LogP contribution in [0.15, 0.2) is 40.7 Å². The second kappa shape index (κ2) is 7.95. The molecule has 0 bridgehead atoms. The Hall–Kier alpha value is -2.28. The predicted molar refractivity (Wildman–Crippen MR) is 104 cm³/mol. The molecule has 0 fully saturated rings. The number of carbonyl (C=O) groups is 1. The van der Waals surface area contributed by atoms with Crippen LogP contribution in [0.1, 0.15) is 45.2 Å². The highest BCUT2D eigenvalue weighted by atomic mass is 32.2. The average Bonchev–Trinajstić information content (AvgIpc) is 3.02. The Balaban J connectivity index is 2.05. The van der Waals surface area contributed by atoms with Gasteiger partial charge in [0, 0.05) is 17.0 Å². The summed E-state index contributed by atoms with van der Waals surface area (Å²) in [5.41, 5.74) is 2.46. The Morgan fingerprint density at radius 3 is 2.92 bits per heavy atom. The molecule has 1 N–H and O–H groups in total. The largest absolute Gasteiger partial charge is 0.497 e. The van der Waals surface area contributed by atoms with Gasteiger partial charge in [0.05, 0.1) is 7.11 Å². The number of Topliss-reactive ketones (excluding diaryl/α,β-unsaturated/α-hetero) is 1. The van der Waals surface area contributed by atoms with Crippen molar-refractivity contribution in [3.8, 4) is 5.75 Å². The minimum absolute atomic E-state index is 0.0177. The van der Waals surface area contributed by atoms with Gasteiger partial charge in [-0.2, -0.15) is 4.98 Å². The summed E-state index contributed by atoms with van der Waals surface area (Å²) in [6.45, 7) is 5.66. The maximum absolute atomic E-state index is 12.4. The Kier molecular flexibility index (Phi) is 5.66. The molecule has 138 valence electrons. The van der Waals surface area contributed by atoms with Gasteiger partial charge in [-0.3, -0.25) is 4.79 Å². The topological polar surface area (TPSA) is 69.0 Å². The molecular weight excluding hydrogens is 348 g/mol. The van der Waals surface area contributed by atoms with Gasteiger partial charge >= 0.3 is 0 Å². The van der Waals surface area contributed by atoms with Crippen molar-refractivity contribution < 1.29 is 9.53 Å². The van der Waals surface area contributed by atoms with E-state index in [-0.39, 0.29) is 11.8 Å². The number of benzene rings is 1. The van der Waals surface area contributed by atoms with Gasteiger partial charge in [-0.25, -0.2) is 4.68 Å². The number of hydrogen-bond acceptors (Lipinski definition) is 6. The molecule has 0 saturated heterocycles. The van der Waals surface area contributed by atoms with Gasteiger partial charge in [-0.1, -0.05) is 37.2 Å². The third-order valence-electron chi connectivity index (χ3n) is 4.35. The summed E-state index contributed by atoms with van der Waals surface area (Å²) in [4.78, 5) is 17.0. The number of hydrogen-bond donors (Lipinski definition) is 1. The van der Waals surface area contributed by atoms with Crippen molar-refractivity contribution in [2.24, 2.45) is 0 Å². The summed E-state index contributed by atoms with van der Waals surface area (Å²) in [6, 6.07) is 7.44. The zero-order valence-electron chi connectivity index (χ0n) is 15.6. The van der Waals surface area contributed by atoms with Crippen molar-refractivity contribution in [1.82, 2.24) is 14.8 Å². The molecule has 1 aromatic carbocycles. The fraction of sp³-hybridized carbons (Fsp3) is 0.421. The SMILES string of the molecule is CCCCSc1nc2n(n1)C(c1cccc(OC)c1)C(C(C)=O)=C(C)N2. The van der Waals surface area contributed by atoms with Crippen LogP contribution < -0.4 is 10.1 Å². The summed E-state index contributed by atoms with van der Waals surface area (Å²) >= 11 is 1.64. The predicted octanol–water partition coefficient (Wildman–Crippen LogP) is 4.06. The van der Waals surface area contributed by atoms with Crippen LogP contribution in [0.5, 0.6) is 5.75 Å². The van der Waals surface area contributed by atoms with Crippen LogP contribution in [0, 0.1) is 0 Å². The van der Waals surface area contributed by atoms with Gasteiger partial charge in [-0.15, -0.1) is 5.10 Å². The van der Waals surface area contributed by atoms with E-state index < -0.39 is 0 Å². The molecule has 0 saturated carbocycles. The van der Waals surface area contributed by atoms with Gasteiger partial charge in [0.25, 0.3) is 0 Å². The van der Waals surface area contributed by atoms with Crippen LogP contribution in [-0.4, -0.2) is 33.4 Å². The highest BCUT2D eigenvalue weighted by Crippen LogP contribution is 2.37. The van der Waals surface area contributed by atoms with E-state index in [4.69, 9.17) is 4.74 Å². The second-order valence-corrected chi connectivity index (χ2v) is 7.33. The number of rotatable bonds is 7. The Labute approximate surface area is 158 Å². The molecule has 1 unspecified atom stereocenters. The van der Waals surface area contributed by atoms with E-state index in [2.05, 4.69) is 22.3 Å². The monoisotopic (exact) mass is 372 g/mol. The summed E-state index contributed by atoms with van der Waals surface area (Å²) < 4.78 is 7.17. The maximum atomic E-state index is 12.4. The second-order valence-electron chi connectivity index (χ2n) is 6.26. The van der Waals surface area contributed by atoms with Crippen molar-refractivity contribution in [2.45, 2.75) is 44.8 Å². The van der Waals surface area contributed by atoms with Crippen molar-refractivity contribution in [2.75, 3.05) is 18.2 Å². The lowest BCUT2D eigenvalue weighted by Gasteiger charge is -2.28. The highest BCUT2D eigenvalue weighted by molar-refractivity contribution is 7.99. The molecule has 2 heterocycles. The lowest BCUT2D eigenvalue weighted by atomic mass is 9.93. The lowest BCUT2D eigenvalue weighted by molar-refractivity contribution is -0.114. The normalized spacial score (nSPS) is 16.2. The number of anilines is 1. The van der Waals surface area contributed by atoms with Gasteiger partial charge in [0.1, 0.15) is 11.8 Å². The van der Waals surface area contributed by atoms with Gasteiger partial charge in [0.2, 0.25) is 11.1 Å². The number of methoxy groups -OCH3 is 1. The number of ether oxygens (including phenoxy) is 1. The first kappa shape index (κ1) is 18.5. The molecule has 1 aliphatic rings. The van der Waals surface area contributed by atoms with E-state index in [0.717, 1.165) is 40.8 Å². The number of unbranched alkanes of at least 4 members (excludes halogenated alkanes) is 1. The van der Waals surface area contributed by atoms with Crippen LogP contribution in [0.4, 0.5) is 5.95 Å². The van der Waals surface area contributed by atoms with Gasteiger partial charge < -0.3 is 10.1 Å². The van der Waals surface area contributed by atoms with Crippen molar-refractivity contribution >= 4 is 23.5 Å². The number of fused-ring (bicyclic) bond motifs is 1. The Bertz CT molecular complexity index is 844. The van der Waals surface area contributed by atoms with Crippen LogP contribution in [0.25, 0.3) is 0 Å². The van der Waals surface area contributed by atoms with Crippen LogP contribution in [0.3, 0.4) is 0 Å². The number of nitrogens with zero attached hydrogens (tertiary/aromatic N) is 3. The molecule has 0 amide bonds. The molecule has 2 aromatic rings. The van der Waals surface area contributed by atoms with E-state index in [1.165, 1.54) is 0 Å². The molecule has 1 aromatic heterocycles. The molecule has 0 spiro atoms. The van der Waals surface area contributed by atoms with E-state index in [1.54, 1.807) is 25.8 Å². The zero-order chi connectivity index (χ0) is 18.7. The molecule has 6 nitrogen and oxygen atoms in total. The molecule has 0 aliphatic carbocycles. The minimum atomic E-state index is -0.313. The third kappa shape index (κ3) is 3.62. The average molecular weight is 372 g/mol.